The Kier molecular flexibility index (Phi) is 5.36. The highest BCUT2D eigenvalue weighted by molar-refractivity contribution is 7.90. The smallest absolute Gasteiger partial charge is 0.236 e. The molecule has 0 aliphatic heterocycles. The second kappa shape index (κ2) is 7.56. The van der Waals surface area contributed by atoms with Crippen LogP contribution in [0.4, 0.5) is 8.78 Å². The standard InChI is InChI=1S/C19H19F2N3O2S/c1-3-4-13-5-7-14(8-6-13)17-11-16(19(20)21)23-24(17)18-10-9-15(12-22-18)27(2,25)26/h5-12,19H,3-4H2,1-2H3. The molecule has 27 heavy (non-hydrogen) atoms. The van der Waals surface area contributed by atoms with Gasteiger partial charge in [0.2, 0.25) is 0 Å². The molecular weight excluding hydrogens is 372 g/mol. The predicted molar refractivity (Wildman–Crippen MR) is 98.9 cm³/mol. The molecule has 0 bridgehead atoms. The minimum absolute atomic E-state index is 0.0537. The van der Waals surface area contributed by atoms with E-state index < -0.39 is 16.3 Å². The lowest BCUT2D eigenvalue weighted by molar-refractivity contribution is 0.145. The highest BCUT2D eigenvalue weighted by Crippen LogP contribution is 2.28. The molecule has 8 heteroatoms. The van der Waals surface area contributed by atoms with E-state index in [1.165, 1.54) is 29.1 Å². The largest absolute Gasteiger partial charge is 0.282 e. The Morgan fingerprint density at radius 1 is 1.11 bits per heavy atom. The van der Waals surface area contributed by atoms with Crippen molar-refractivity contribution in [2.75, 3.05) is 6.26 Å². The lowest BCUT2D eigenvalue weighted by atomic mass is 10.1. The van der Waals surface area contributed by atoms with Crippen molar-refractivity contribution in [2.45, 2.75) is 31.1 Å². The van der Waals surface area contributed by atoms with Crippen molar-refractivity contribution in [3.63, 3.8) is 0 Å². The molecule has 1 aromatic carbocycles. The maximum absolute atomic E-state index is 13.2. The van der Waals surface area contributed by atoms with E-state index in [0.29, 0.717) is 5.69 Å². The third-order valence-corrected chi connectivity index (χ3v) is 5.20. The van der Waals surface area contributed by atoms with Crippen LogP contribution in [0.15, 0.2) is 53.6 Å². The molecule has 0 saturated carbocycles. The van der Waals surface area contributed by atoms with E-state index in [9.17, 15) is 17.2 Å². The number of nitrogens with zero attached hydrogens (tertiary/aromatic N) is 3. The summed E-state index contributed by atoms with van der Waals surface area (Å²) in [6, 6.07) is 11.8. The summed E-state index contributed by atoms with van der Waals surface area (Å²) in [5.74, 6) is 0.266. The van der Waals surface area contributed by atoms with Crippen molar-refractivity contribution in [3.05, 3.63) is 59.9 Å². The Hall–Kier alpha value is -2.61. The topological polar surface area (TPSA) is 64.8 Å². The number of halogens is 2. The van der Waals surface area contributed by atoms with Crippen LogP contribution >= 0.6 is 0 Å². The van der Waals surface area contributed by atoms with Crippen LogP contribution in [0.25, 0.3) is 17.1 Å². The minimum atomic E-state index is -3.39. The molecule has 0 fully saturated rings. The van der Waals surface area contributed by atoms with E-state index in [2.05, 4.69) is 17.0 Å². The molecule has 142 valence electrons. The van der Waals surface area contributed by atoms with Crippen LogP contribution in [-0.4, -0.2) is 29.4 Å². The summed E-state index contributed by atoms with van der Waals surface area (Å²) < 4.78 is 50.9. The lowest BCUT2D eigenvalue weighted by Crippen LogP contribution is -2.04. The second-order valence-corrected chi connectivity index (χ2v) is 8.25. The van der Waals surface area contributed by atoms with Gasteiger partial charge < -0.3 is 0 Å². The van der Waals surface area contributed by atoms with Gasteiger partial charge in [-0.2, -0.15) is 5.10 Å². The van der Waals surface area contributed by atoms with Gasteiger partial charge in [-0.15, -0.1) is 0 Å². The van der Waals surface area contributed by atoms with Crippen LogP contribution in [0.1, 0.15) is 31.0 Å². The van der Waals surface area contributed by atoms with E-state index in [-0.39, 0.29) is 16.4 Å². The number of sulfone groups is 1. The first-order chi connectivity index (χ1) is 12.8. The van der Waals surface area contributed by atoms with E-state index in [1.54, 1.807) is 0 Å². The van der Waals surface area contributed by atoms with E-state index in [0.717, 1.165) is 30.2 Å². The molecular formula is C19H19F2N3O2S. The SMILES string of the molecule is CCCc1ccc(-c2cc(C(F)F)nn2-c2ccc(S(C)(=O)=O)cn2)cc1. The van der Waals surface area contributed by atoms with E-state index >= 15 is 0 Å². The van der Waals surface area contributed by atoms with Crippen molar-refractivity contribution < 1.29 is 17.2 Å². The number of hydrogen-bond acceptors (Lipinski definition) is 4. The molecule has 3 aromatic rings. The van der Waals surface area contributed by atoms with Gasteiger partial charge in [-0.25, -0.2) is 26.9 Å². The average Bonchev–Trinajstić information content (AvgIpc) is 3.08. The Bertz CT molecular complexity index is 1030. The van der Waals surface area contributed by atoms with Crippen LogP contribution in [0.5, 0.6) is 0 Å². The van der Waals surface area contributed by atoms with E-state index in [4.69, 9.17) is 0 Å². The van der Waals surface area contributed by atoms with Gasteiger partial charge in [0.05, 0.1) is 10.6 Å². The summed E-state index contributed by atoms with van der Waals surface area (Å²) >= 11 is 0. The molecule has 0 N–H and O–H groups in total. The van der Waals surface area contributed by atoms with Gasteiger partial charge >= 0.3 is 0 Å². The van der Waals surface area contributed by atoms with Gasteiger partial charge in [0.15, 0.2) is 15.7 Å². The maximum Gasteiger partial charge on any atom is 0.282 e. The van der Waals surface area contributed by atoms with Crippen molar-refractivity contribution in [1.29, 1.82) is 0 Å². The Morgan fingerprint density at radius 3 is 2.33 bits per heavy atom. The predicted octanol–water partition coefficient (Wildman–Crippen LogP) is 4.23. The molecule has 0 amide bonds. The van der Waals surface area contributed by atoms with Crippen molar-refractivity contribution >= 4 is 9.84 Å². The highest BCUT2D eigenvalue weighted by atomic mass is 32.2. The Labute approximate surface area is 156 Å². The number of aryl methyl sites for hydroxylation is 1. The molecule has 2 aromatic heterocycles. The summed E-state index contributed by atoms with van der Waals surface area (Å²) in [5.41, 5.74) is 1.99. The number of aromatic nitrogens is 3. The van der Waals surface area contributed by atoms with Gasteiger partial charge in [0.1, 0.15) is 5.69 Å². The Balaban J connectivity index is 2.07. The third kappa shape index (κ3) is 4.21. The zero-order valence-corrected chi connectivity index (χ0v) is 15.7. The molecule has 0 aliphatic rings. The minimum Gasteiger partial charge on any atom is -0.236 e. The summed E-state index contributed by atoms with van der Waals surface area (Å²) in [5, 5.41) is 3.96. The fourth-order valence-corrected chi connectivity index (χ4v) is 3.29. The maximum atomic E-state index is 13.2. The molecule has 0 saturated heterocycles. The fourth-order valence-electron chi connectivity index (χ4n) is 2.73. The van der Waals surface area contributed by atoms with Crippen LogP contribution in [0.2, 0.25) is 0 Å². The van der Waals surface area contributed by atoms with Crippen LogP contribution in [0, 0.1) is 0 Å². The number of alkyl halides is 2. The number of rotatable bonds is 6. The average molecular weight is 391 g/mol. The molecule has 5 nitrogen and oxygen atoms in total. The second-order valence-electron chi connectivity index (χ2n) is 6.24. The van der Waals surface area contributed by atoms with E-state index in [1.807, 2.05) is 24.3 Å². The zero-order chi connectivity index (χ0) is 19.6. The summed E-state index contributed by atoms with van der Waals surface area (Å²) in [6.07, 6.45) is 1.51. The normalized spacial score (nSPS) is 11.9. The summed E-state index contributed by atoms with van der Waals surface area (Å²) in [7, 11) is -3.39. The monoisotopic (exact) mass is 391 g/mol. The molecule has 0 atom stereocenters. The van der Waals surface area contributed by atoms with Crippen LogP contribution < -0.4 is 0 Å². The number of pyridine rings is 1. The fraction of sp³-hybridized carbons (Fsp3) is 0.263. The van der Waals surface area contributed by atoms with Gasteiger partial charge in [-0.1, -0.05) is 37.6 Å². The summed E-state index contributed by atoms with van der Waals surface area (Å²) in [4.78, 5) is 4.15. The first-order valence-electron chi connectivity index (χ1n) is 8.43. The zero-order valence-electron chi connectivity index (χ0n) is 14.9. The number of benzene rings is 1. The first kappa shape index (κ1) is 19.2. The lowest BCUT2D eigenvalue weighted by Gasteiger charge is -2.08. The van der Waals surface area contributed by atoms with Crippen molar-refractivity contribution in [3.8, 4) is 17.1 Å². The molecule has 3 rings (SSSR count). The van der Waals surface area contributed by atoms with Gasteiger partial charge in [0, 0.05) is 18.0 Å². The third-order valence-electron chi connectivity index (χ3n) is 4.11. The van der Waals surface area contributed by atoms with Gasteiger partial charge in [-0.05, 0) is 30.2 Å². The quantitative estimate of drug-likeness (QED) is 0.631. The molecule has 0 radical (unpaired) electrons. The molecule has 0 aliphatic carbocycles. The first-order valence-corrected chi connectivity index (χ1v) is 10.3. The van der Waals surface area contributed by atoms with Crippen LogP contribution in [0.3, 0.4) is 0 Å². The molecule has 0 spiro atoms. The molecule has 0 unspecified atom stereocenters. The van der Waals surface area contributed by atoms with Gasteiger partial charge in [0.25, 0.3) is 6.43 Å². The van der Waals surface area contributed by atoms with Gasteiger partial charge in [-0.3, -0.25) is 0 Å². The molecule has 2 heterocycles. The number of hydrogen-bond donors (Lipinski definition) is 0. The highest BCUT2D eigenvalue weighted by Gasteiger charge is 2.19. The van der Waals surface area contributed by atoms with Crippen molar-refractivity contribution in [1.82, 2.24) is 14.8 Å². The van der Waals surface area contributed by atoms with Crippen molar-refractivity contribution in [2.24, 2.45) is 0 Å². The summed E-state index contributed by atoms with van der Waals surface area (Å²) in [6.45, 7) is 2.09. The Morgan fingerprint density at radius 2 is 1.81 bits per heavy atom. The van der Waals surface area contributed by atoms with Crippen LogP contribution in [-0.2, 0) is 16.3 Å².